The standard InChI is InChI=1S/C12H13N3O.H2/c1-15-7-8-5-6-16-12-9(11(8)14-15)3-2-4-10(12)13;/h2-4,7H,5-6,13H2,1H3;1H. The molecule has 1 aromatic carbocycles. The molecule has 2 heterocycles. The lowest BCUT2D eigenvalue weighted by molar-refractivity contribution is 0.328. The fraction of sp³-hybridized carbons (Fsp3) is 0.250. The predicted octanol–water partition coefficient (Wildman–Crippen LogP) is 1.85. The summed E-state index contributed by atoms with van der Waals surface area (Å²) < 4.78 is 7.52. The molecular formula is C12H15N3O. The minimum Gasteiger partial charge on any atom is -0.490 e. The zero-order valence-electron chi connectivity index (χ0n) is 9.10. The van der Waals surface area contributed by atoms with Crippen molar-refractivity contribution in [2.24, 2.45) is 7.05 Å². The third-order valence-electron chi connectivity index (χ3n) is 2.82. The molecule has 0 unspecified atom stereocenters. The molecule has 4 nitrogen and oxygen atoms in total. The Morgan fingerprint density at radius 3 is 3.25 bits per heavy atom. The summed E-state index contributed by atoms with van der Waals surface area (Å²) >= 11 is 0. The van der Waals surface area contributed by atoms with E-state index in [1.807, 2.05) is 36.1 Å². The summed E-state index contributed by atoms with van der Waals surface area (Å²) in [7, 11) is 1.93. The number of nitrogens with zero attached hydrogens (tertiary/aromatic N) is 2. The van der Waals surface area contributed by atoms with Gasteiger partial charge in [-0.2, -0.15) is 5.10 Å². The van der Waals surface area contributed by atoms with Crippen molar-refractivity contribution in [1.29, 1.82) is 0 Å². The van der Waals surface area contributed by atoms with Crippen LogP contribution in [0, 0.1) is 0 Å². The number of hydrogen-bond donors (Lipinski definition) is 1. The van der Waals surface area contributed by atoms with E-state index < -0.39 is 0 Å². The van der Waals surface area contributed by atoms with E-state index in [1.54, 1.807) is 0 Å². The van der Waals surface area contributed by atoms with Gasteiger partial charge in [-0.1, -0.05) is 6.07 Å². The molecular weight excluding hydrogens is 202 g/mol. The molecule has 4 heteroatoms. The second-order valence-electron chi connectivity index (χ2n) is 4.00. The molecule has 1 aliphatic rings. The van der Waals surface area contributed by atoms with Gasteiger partial charge in [0.25, 0.3) is 0 Å². The Labute approximate surface area is 95.1 Å². The van der Waals surface area contributed by atoms with E-state index >= 15 is 0 Å². The van der Waals surface area contributed by atoms with Crippen LogP contribution in [0.4, 0.5) is 5.69 Å². The summed E-state index contributed by atoms with van der Waals surface area (Å²) in [5.41, 5.74) is 9.79. The first-order valence-corrected chi connectivity index (χ1v) is 5.30. The van der Waals surface area contributed by atoms with Gasteiger partial charge in [0.05, 0.1) is 18.0 Å². The van der Waals surface area contributed by atoms with Gasteiger partial charge in [-0.15, -0.1) is 0 Å². The molecule has 3 rings (SSSR count). The van der Waals surface area contributed by atoms with E-state index in [-0.39, 0.29) is 1.43 Å². The van der Waals surface area contributed by atoms with E-state index in [4.69, 9.17) is 10.5 Å². The highest BCUT2D eigenvalue weighted by atomic mass is 16.5. The first kappa shape index (κ1) is 9.27. The molecule has 0 amide bonds. The first-order valence-electron chi connectivity index (χ1n) is 5.30. The van der Waals surface area contributed by atoms with Crippen LogP contribution in [-0.4, -0.2) is 16.4 Å². The van der Waals surface area contributed by atoms with Gasteiger partial charge in [0.2, 0.25) is 0 Å². The number of ether oxygens (including phenoxy) is 1. The summed E-state index contributed by atoms with van der Waals surface area (Å²) in [5, 5.41) is 4.47. The minimum atomic E-state index is 0. The number of nitrogen functional groups attached to an aromatic ring is 1. The molecule has 0 atom stereocenters. The molecule has 0 saturated carbocycles. The number of hydrogen-bond acceptors (Lipinski definition) is 3. The third-order valence-corrected chi connectivity index (χ3v) is 2.82. The van der Waals surface area contributed by atoms with Gasteiger partial charge >= 0.3 is 0 Å². The summed E-state index contributed by atoms with van der Waals surface area (Å²) in [6, 6.07) is 5.79. The summed E-state index contributed by atoms with van der Waals surface area (Å²) in [6.45, 7) is 0.653. The fourth-order valence-electron chi connectivity index (χ4n) is 2.11. The van der Waals surface area contributed by atoms with Crippen LogP contribution in [0.25, 0.3) is 11.3 Å². The lowest BCUT2D eigenvalue weighted by Gasteiger charge is -2.09. The molecule has 0 fully saturated rings. The zero-order chi connectivity index (χ0) is 11.1. The monoisotopic (exact) mass is 217 g/mol. The van der Waals surface area contributed by atoms with Crippen molar-refractivity contribution >= 4 is 5.69 Å². The maximum absolute atomic E-state index is 5.92. The largest absolute Gasteiger partial charge is 0.490 e. The van der Waals surface area contributed by atoms with Gasteiger partial charge in [0, 0.05) is 32.2 Å². The molecule has 0 spiro atoms. The molecule has 0 radical (unpaired) electrons. The van der Waals surface area contributed by atoms with Crippen LogP contribution < -0.4 is 10.5 Å². The Kier molecular flexibility index (Phi) is 1.89. The fourth-order valence-corrected chi connectivity index (χ4v) is 2.11. The van der Waals surface area contributed by atoms with E-state index in [1.165, 1.54) is 5.56 Å². The molecule has 2 N–H and O–H groups in total. The van der Waals surface area contributed by atoms with E-state index in [9.17, 15) is 0 Å². The third kappa shape index (κ3) is 1.26. The van der Waals surface area contributed by atoms with Gasteiger partial charge in [-0.3, -0.25) is 4.68 Å². The highest BCUT2D eigenvalue weighted by Gasteiger charge is 2.19. The molecule has 0 aliphatic carbocycles. The number of aromatic nitrogens is 2. The lowest BCUT2D eigenvalue weighted by atomic mass is 10.1. The van der Waals surface area contributed by atoms with Gasteiger partial charge in [-0.25, -0.2) is 0 Å². The molecule has 1 aliphatic heterocycles. The maximum Gasteiger partial charge on any atom is 0.151 e. The second-order valence-corrected chi connectivity index (χ2v) is 4.00. The smallest absolute Gasteiger partial charge is 0.151 e. The van der Waals surface area contributed by atoms with Crippen LogP contribution in [0.1, 0.15) is 6.99 Å². The Morgan fingerprint density at radius 2 is 2.38 bits per heavy atom. The van der Waals surface area contributed by atoms with Gasteiger partial charge in [0.1, 0.15) is 0 Å². The SMILES string of the molecule is Cn1cc2c(n1)-c1cccc(N)c1OCC2.[HH]. The molecule has 16 heavy (non-hydrogen) atoms. The number of aryl methyl sites for hydroxylation is 1. The van der Waals surface area contributed by atoms with Crippen molar-refractivity contribution < 1.29 is 6.16 Å². The number of benzene rings is 1. The predicted molar refractivity (Wildman–Crippen MR) is 64.4 cm³/mol. The zero-order valence-corrected chi connectivity index (χ0v) is 9.10. The minimum absolute atomic E-state index is 0. The summed E-state index contributed by atoms with van der Waals surface area (Å²) in [4.78, 5) is 0. The van der Waals surface area contributed by atoms with Crippen LogP contribution in [0.15, 0.2) is 24.4 Å². The molecule has 1 aromatic heterocycles. The summed E-state index contributed by atoms with van der Waals surface area (Å²) in [6.07, 6.45) is 2.91. The highest BCUT2D eigenvalue weighted by Crippen LogP contribution is 2.37. The lowest BCUT2D eigenvalue weighted by Crippen LogP contribution is -2.01. The van der Waals surface area contributed by atoms with Crippen LogP contribution in [-0.2, 0) is 13.5 Å². The second kappa shape index (κ2) is 3.27. The average Bonchev–Trinajstić information content (AvgIpc) is 2.53. The van der Waals surface area contributed by atoms with Crippen LogP contribution >= 0.6 is 0 Å². The summed E-state index contributed by atoms with van der Waals surface area (Å²) in [5.74, 6) is 0.764. The number of fused-ring (bicyclic) bond motifs is 3. The quantitative estimate of drug-likeness (QED) is 0.685. The Morgan fingerprint density at radius 1 is 1.50 bits per heavy atom. The number of anilines is 1. The van der Waals surface area contributed by atoms with Crippen molar-refractivity contribution in [3.05, 3.63) is 30.0 Å². The normalized spacial score (nSPS) is 13.6. The van der Waals surface area contributed by atoms with E-state index in [0.717, 1.165) is 23.4 Å². The number of nitrogens with two attached hydrogens (primary N) is 1. The van der Waals surface area contributed by atoms with Gasteiger partial charge < -0.3 is 10.5 Å². The molecule has 0 saturated heterocycles. The molecule has 2 aromatic rings. The van der Waals surface area contributed by atoms with Crippen molar-refractivity contribution in [2.45, 2.75) is 6.42 Å². The van der Waals surface area contributed by atoms with Crippen molar-refractivity contribution in [3.8, 4) is 17.0 Å². The van der Waals surface area contributed by atoms with Crippen molar-refractivity contribution in [2.75, 3.05) is 12.3 Å². The van der Waals surface area contributed by atoms with Crippen LogP contribution in [0.3, 0.4) is 0 Å². The Balaban J connectivity index is 0.00000108. The van der Waals surface area contributed by atoms with E-state index in [2.05, 4.69) is 5.10 Å². The van der Waals surface area contributed by atoms with Crippen molar-refractivity contribution in [3.63, 3.8) is 0 Å². The first-order chi connectivity index (χ1) is 7.75. The Bertz CT molecular complexity index is 551. The van der Waals surface area contributed by atoms with Gasteiger partial charge in [-0.05, 0) is 12.1 Å². The average molecular weight is 217 g/mol. The topological polar surface area (TPSA) is 53.1 Å². The molecule has 84 valence electrons. The van der Waals surface area contributed by atoms with Crippen molar-refractivity contribution in [1.82, 2.24) is 9.78 Å². The van der Waals surface area contributed by atoms with Crippen LogP contribution in [0.2, 0.25) is 0 Å². The van der Waals surface area contributed by atoms with Gasteiger partial charge in [0.15, 0.2) is 5.75 Å². The highest BCUT2D eigenvalue weighted by molar-refractivity contribution is 5.77. The molecule has 0 bridgehead atoms. The number of para-hydroxylation sites is 1. The van der Waals surface area contributed by atoms with Crippen LogP contribution in [0.5, 0.6) is 5.75 Å². The van der Waals surface area contributed by atoms with E-state index in [0.29, 0.717) is 12.3 Å². The Hall–Kier alpha value is -1.97. The maximum atomic E-state index is 5.92. The number of rotatable bonds is 0.